The Morgan fingerprint density at radius 2 is 2.18 bits per heavy atom. The fourth-order valence-electron chi connectivity index (χ4n) is 2.04. The van der Waals surface area contributed by atoms with Gasteiger partial charge in [-0.05, 0) is 25.7 Å². The Balaban J connectivity index is 1.92. The van der Waals surface area contributed by atoms with Gasteiger partial charge in [-0.2, -0.15) is 11.8 Å². The molecule has 2 atom stereocenters. The van der Waals surface area contributed by atoms with Gasteiger partial charge in [-0.3, -0.25) is 0 Å². The topological polar surface area (TPSA) is 69.6 Å². The van der Waals surface area contributed by atoms with Crippen LogP contribution in [0.5, 0.6) is 0 Å². The fourth-order valence-corrected chi connectivity index (χ4v) is 3.08. The predicted molar refractivity (Wildman–Crippen MR) is 66.2 cm³/mol. The van der Waals surface area contributed by atoms with Crippen molar-refractivity contribution in [2.75, 3.05) is 18.1 Å². The van der Waals surface area contributed by atoms with Gasteiger partial charge in [0.1, 0.15) is 6.04 Å². The van der Waals surface area contributed by atoms with E-state index >= 15 is 0 Å². The Morgan fingerprint density at radius 3 is 2.76 bits per heavy atom. The number of carbonyl (C=O) groups is 2. The molecule has 96 valence electrons. The average molecular weight is 258 g/mol. The first kappa shape index (κ1) is 12.5. The van der Waals surface area contributed by atoms with E-state index in [1.54, 1.807) is 11.8 Å². The fraction of sp³-hybridized carbons (Fsp3) is 0.818. The van der Waals surface area contributed by atoms with Crippen LogP contribution in [-0.2, 0) is 4.79 Å². The zero-order chi connectivity index (χ0) is 12.4. The summed E-state index contributed by atoms with van der Waals surface area (Å²) in [6, 6.07) is -0.747. The number of hydrogen-bond donors (Lipinski definition) is 2. The average Bonchev–Trinajstić information content (AvgIpc) is 3.12. The SMILES string of the molecule is CC(NC(=O)N1CCSCC1C(=O)O)C1CC1. The number of nitrogens with zero attached hydrogens (tertiary/aromatic N) is 1. The molecule has 0 bridgehead atoms. The molecule has 0 radical (unpaired) electrons. The summed E-state index contributed by atoms with van der Waals surface area (Å²) in [5, 5.41) is 12.0. The third kappa shape index (κ3) is 3.06. The molecule has 5 nitrogen and oxygen atoms in total. The minimum absolute atomic E-state index is 0.159. The number of amides is 2. The van der Waals surface area contributed by atoms with E-state index < -0.39 is 12.0 Å². The van der Waals surface area contributed by atoms with E-state index in [9.17, 15) is 9.59 Å². The summed E-state index contributed by atoms with van der Waals surface area (Å²) in [5.74, 6) is 0.975. The Labute approximate surface area is 105 Å². The van der Waals surface area contributed by atoms with E-state index in [4.69, 9.17) is 5.11 Å². The maximum Gasteiger partial charge on any atom is 0.327 e. The van der Waals surface area contributed by atoms with Crippen molar-refractivity contribution in [3.05, 3.63) is 0 Å². The highest BCUT2D eigenvalue weighted by molar-refractivity contribution is 7.99. The van der Waals surface area contributed by atoms with Gasteiger partial charge >= 0.3 is 12.0 Å². The van der Waals surface area contributed by atoms with E-state index in [-0.39, 0.29) is 12.1 Å². The number of carboxylic acids is 1. The Morgan fingerprint density at radius 1 is 1.47 bits per heavy atom. The molecule has 0 aromatic heterocycles. The van der Waals surface area contributed by atoms with Crippen molar-refractivity contribution in [2.24, 2.45) is 5.92 Å². The van der Waals surface area contributed by atoms with E-state index in [1.165, 1.54) is 17.7 Å². The van der Waals surface area contributed by atoms with Crippen LogP contribution in [0, 0.1) is 5.92 Å². The molecule has 2 unspecified atom stereocenters. The third-order valence-electron chi connectivity index (χ3n) is 3.35. The molecule has 1 aliphatic heterocycles. The summed E-state index contributed by atoms with van der Waals surface area (Å²) in [5.41, 5.74) is 0. The Kier molecular flexibility index (Phi) is 3.81. The number of hydrogen-bond acceptors (Lipinski definition) is 3. The smallest absolute Gasteiger partial charge is 0.327 e. The van der Waals surface area contributed by atoms with Gasteiger partial charge in [-0.1, -0.05) is 0 Å². The number of carbonyl (C=O) groups excluding carboxylic acids is 1. The van der Waals surface area contributed by atoms with E-state index in [2.05, 4.69) is 5.32 Å². The van der Waals surface area contributed by atoms with Gasteiger partial charge in [0.05, 0.1) is 0 Å². The maximum atomic E-state index is 12.0. The van der Waals surface area contributed by atoms with Gasteiger partial charge in [0.15, 0.2) is 0 Å². The normalized spacial score (nSPS) is 26.4. The second-order valence-corrected chi connectivity index (χ2v) is 5.85. The molecule has 0 aromatic carbocycles. The number of nitrogens with one attached hydrogen (secondary N) is 1. The van der Waals surface area contributed by atoms with Crippen molar-refractivity contribution < 1.29 is 14.7 Å². The van der Waals surface area contributed by atoms with Crippen LogP contribution < -0.4 is 5.32 Å². The highest BCUT2D eigenvalue weighted by atomic mass is 32.2. The van der Waals surface area contributed by atoms with E-state index in [0.29, 0.717) is 18.2 Å². The summed E-state index contributed by atoms with van der Waals surface area (Å²) in [6.07, 6.45) is 2.33. The van der Waals surface area contributed by atoms with Gasteiger partial charge in [0, 0.05) is 24.1 Å². The number of urea groups is 1. The molecule has 2 amide bonds. The van der Waals surface area contributed by atoms with Crippen LogP contribution in [0.4, 0.5) is 4.79 Å². The van der Waals surface area contributed by atoms with Crippen molar-refractivity contribution in [3.63, 3.8) is 0 Å². The van der Waals surface area contributed by atoms with Crippen LogP contribution in [0.25, 0.3) is 0 Å². The first-order chi connectivity index (χ1) is 8.09. The first-order valence-corrected chi connectivity index (χ1v) is 7.12. The second kappa shape index (κ2) is 5.16. The largest absolute Gasteiger partial charge is 0.480 e. The summed E-state index contributed by atoms with van der Waals surface area (Å²) >= 11 is 1.59. The van der Waals surface area contributed by atoms with Gasteiger partial charge in [-0.25, -0.2) is 9.59 Å². The molecule has 17 heavy (non-hydrogen) atoms. The second-order valence-electron chi connectivity index (χ2n) is 4.70. The molecule has 1 saturated heterocycles. The highest BCUT2D eigenvalue weighted by Gasteiger charge is 2.35. The van der Waals surface area contributed by atoms with Crippen molar-refractivity contribution >= 4 is 23.8 Å². The van der Waals surface area contributed by atoms with Crippen LogP contribution in [0.1, 0.15) is 19.8 Å². The molecule has 0 aromatic rings. The lowest BCUT2D eigenvalue weighted by Gasteiger charge is -2.33. The summed E-state index contributed by atoms with van der Waals surface area (Å²) in [7, 11) is 0. The molecule has 1 heterocycles. The number of carboxylic acid groups (broad SMARTS) is 1. The molecule has 1 saturated carbocycles. The molecule has 2 fully saturated rings. The zero-order valence-electron chi connectivity index (χ0n) is 9.89. The molecule has 2 aliphatic rings. The summed E-state index contributed by atoms with van der Waals surface area (Å²) < 4.78 is 0. The maximum absolute atomic E-state index is 12.0. The lowest BCUT2D eigenvalue weighted by Crippen LogP contribution is -2.55. The predicted octanol–water partition coefficient (Wildman–Crippen LogP) is 0.996. The quantitative estimate of drug-likeness (QED) is 0.792. The standard InChI is InChI=1S/C11H18N2O3S/c1-7(8-2-3-8)12-11(16)13-4-5-17-6-9(13)10(14)15/h7-9H,2-6H2,1H3,(H,12,16)(H,14,15). The number of rotatable bonds is 3. The first-order valence-electron chi connectivity index (χ1n) is 5.97. The molecular weight excluding hydrogens is 240 g/mol. The summed E-state index contributed by atoms with van der Waals surface area (Å²) in [6.45, 7) is 2.51. The molecule has 1 aliphatic carbocycles. The molecule has 6 heteroatoms. The number of aliphatic carboxylic acids is 1. The molecule has 2 N–H and O–H groups in total. The molecular formula is C11H18N2O3S. The van der Waals surface area contributed by atoms with Gasteiger partial charge in [-0.15, -0.1) is 0 Å². The minimum Gasteiger partial charge on any atom is -0.480 e. The number of thioether (sulfide) groups is 1. The van der Waals surface area contributed by atoms with E-state index in [1.807, 2.05) is 6.92 Å². The van der Waals surface area contributed by atoms with Crippen molar-refractivity contribution in [1.29, 1.82) is 0 Å². The Bertz CT molecular complexity index is 320. The summed E-state index contributed by atoms with van der Waals surface area (Å²) in [4.78, 5) is 24.5. The molecule has 2 rings (SSSR count). The molecule has 0 spiro atoms. The van der Waals surface area contributed by atoms with Gasteiger partial charge < -0.3 is 15.3 Å². The van der Waals surface area contributed by atoms with Crippen LogP contribution in [-0.4, -0.2) is 52.1 Å². The lowest BCUT2D eigenvalue weighted by molar-refractivity contribution is -0.141. The lowest BCUT2D eigenvalue weighted by atomic mass is 10.2. The monoisotopic (exact) mass is 258 g/mol. The zero-order valence-corrected chi connectivity index (χ0v) is 10.7. The van der Waals surface area contributed by atoms with Crippen LogP contribution in [0.2, 0.25) is 0 Å². The van der Waals surface area contributed by atoms with Crippen LogP contribution in [0.15, 0.2) is 0 Å². The third-order valence-corrected chi connectivity index (χ3v) is 4.38. The van der Waals surface area contributed by atoms with Gasteiger partial charge in [0.2, 0.25) is 0 Å². The minimum atomic E-state index is -0.911. The van der Waals surface area contributed by atoms with E-state index in [0.717, 1.165) is 5.75 Å². The highest BCUT2D eigenvalue weighted by Crippen LogP contribution is 2.32. The van der Waals surface area contributed by atoms with Gasteiger partial charge in [0.25, 0.3) is 0 Å². The Hall–Kier alpha value is -0.910. The van der Waals surface area contributed by atoms with Crippen molar-refractivity contribution in [2.45, 2.75) is 31.8 Å². The van der Waals surface area contributed by atoms with Crippen molar-refractivity contribution in [3.8, 4) is 0 Å². The van der Waals surface area contributed by atoms with Crippen LogP contribution >= 0.6 is 11.8 Å². The van der Waals surface area contributed by atoms with Crippen molar-refractivity contribution in [1.82, 2.24) is 10.2 Å². The van der Waals surface area contributed by atoms with Crippen LogP contribution in [0.3, 0.4) is 0 Å².